The van der Waals surface area contributed by atoms with Crippen molar-refractivity contribution in [2.75, 3.05) is 13.2 Å². The minimum atomic E-state index is -0.976. The second kappa shape index (κ2) is 20.9. The van der Waals surface area contributed by atoms with Crippen LogP contribution in [0.3, 0.4) is 0 Å². The van der Waals surface area contributed by atoms with Gasteiger partial charge in [0.05, 0.1) is 19.6 Å². The summed E-state index contributed by atoms with van der Waals surface area (Å²) in [7, 11) is 0. The van der Waals surface area contributed by atoms with Crippen LogP contribution in [0, 0.1) is 0 Å². The summed E-state index contributed by atoms with van der Waals surface area (Å²) >= 11 is 0. The molecule has 0 aliphatic carbocycles. The summed E-state index contributed by atoms with van der Waals surface area (Å²) in [4.78, 5) is 34.8. The van der Waals surface area contributed by atoms with E-state index in [2.05, 4.69) is 6.92 Å². The van der Waals surface area contributed by atoms with E-state index in [1.165, 1.54) is 52.4 Å². The molecule has 0 aliphatic rings. The molecule has 0 saturated heterocycles. The zero-order valence-corrected chi connectivity index (χ0v) is 20.9. The van der Waals surface area contributed by atoms with Gasteiger partial charge in [-0.1, -0.05) is 51.9 Å². The maximum Gasteiger partial charge on any atom is 0.309 e. The molecule has 0 heterocycles. The lowest BCUT2D eigenvalue weighted by Gasteiger charge is -2.20. The number of hydrogen-bond donors (Lipinski definition) is 2. The summed E-state index contributed by atoms with van der Waals surface area (Å²) < 4.78 is 15.6. The van der Waals surface area contributed by atoms with Crippen molar-refractivity contribution in [3.05, 3.63) is 0 Å². The molecule has 0 aromatic carbocycles. The Morgan fingerprint density at radius 2 is 1.03 bits per heavy atom. The van der Waals surface area contributed by atoms with Gasteiger partial charge in [-0.15, -0.1) is 0 Å². The van der Waals surface area contributed by atoms with Gasteiger partial charge in [0.2, 0.25) is 0 Å². The predicted octanol–water partition coefficient (Wildman–Crippen LogP) is 4.23. The monoisotopic (exact) mass is 474 g/mol. The number of unbranched alkanes of at least 4 members (excludes halogenated alkanes) is 8. The third-order valence-electron chi connectivity index (χ3n) is 5.45. The van der Waals surface area contributed by atoms with Crippen LogP contribution < -0.4 is 0 Å². The number of hydrogen-bond acceptors (Lipinski definition) is 8. The van der Waals surface area contributed by atoms with Crippen LogP contribution in [0.15, 0.2) is 0 Å². The molecule has 194 valence electrons. The third-order valence-corrected chi connectivity index (χ3v) is 5.45. The summed E-state index contributed by atoms with van der Waals surface area (Å²) in [5.41, 5.74) is 0. The van der Waals surface area contributed by atoms with Crippen LogP contribution in [0.4, 0.5) is 0 Å². The van der Waals surface area contributed by atoms with Crippen molar-refractivity contribution in [2.45, 2.75) is 129 Å². The van der Waals surface area contributed by atoms with Gasteiger partial charge in [-0.2, -0.15) is 0 Å². The van der Waals surface area contributed by atoms with Crippen LogP contribution in [0.2, 0.25) is 0 Å². The normalized spacial score (nSPS) is 12.9. The van der Waals surface area contributed by atoms with E-state index in [1.807, 2.05) is 0 Å². The first-order valence-corrected chi connectivity index (χ1v) is 12.6. The first-order valence-electron chi connectivity index (χ1n) is 12.6. The topological polar surface area (TPSA) is 119 Å². The minimum Gasteiger partial charge on any atom is -0.463 e. The number of aliphatic hydroxyl groups is 2. The van der Waals surface area contributed by atoms with E-state index in [4.69, 9.17) is 24.4 Å². The molecule has 0 radical (unpaired) electrons. The lowest BCUT2D eigenvalue weighted by molar-refractivity contribution is -0.160. The van der Waals surface area contributed by atoms with E-state index in [1.54, 1.807) is 0 Å². The molecule has 2 atom stereocenters. The van der Waals surface area contributed by atoms with Gasteiger partial charge in [0.15, 0.2) is 0 Å². The van der Waals surface area contributed by atoms with Crippen molar-refractivity contribution in [2.24, 2.45) is 0 Å². The number of aliphatic hydroxyl groups excluding tert-OH is 2. The second-order valence-corrected chi connectivity index (χ2v) is 8.69. The molecule has 0 aliphatic heterocycles. The van der Waals surface area contributed by atoms with Crippen molar-refractivity contribution in [3.63, 3.8) is 0 Å². The smallest absolute Gasteiger partial charge is 0.309 e. The van der Waals surface area contributed by atoms with E-state index in [0.717, 1.165) is 32.1 Å². The number of carbonyl (C=O) groups is 3. The fourth-order valence-corrected chi connectivity index (χ4v) is 3.74. The molecule has 0 saturated carbocycles. The van der Waals surface area contributed by atoms with Crippen molar-refractivity contribution in [3.8, 4) is 0 Å². The fraction of sp³-hybridized carbons (Fsp3) is 0.880. The SMILES string of the molecule is CCCCCCCCCC[C@H](CCCC[C@H](CC(=O)OC(CO)CO)OC(C)=O)OC(C)=O. The van der Waals surface area contributed by atoms with Crippen molar-refractivity contribution < 1.29 is 38.8 Å². The summed E-state index contributed by atoms with van der Waals surface area (Å²) in [6.07, 6.45) is 11.5. The van der Waals surface area contributed by atoms with Gasteiger partial charge in [-0.3, -0.25) is 14.4 Å². The Morgan fingerprint density at radius 3 is 1.52 bits per heavy atom. The van der Waals surface area contributed by atoms with Gasteiger partial charge < -0.3 is 24.4 Å². The lowest BCUT2D eigenvalue weighted by atomic mass is 10.0. The Morgan fingerprint density at radius 1 is 0.606 bits per heavy atom. The Kier molecular flexibility index (Phi) is 19.8. The van der Waals surface area contributed by atoms with Crippen molar-refractivity contribution in [1.29, 1.82) is 0 Å². The molecular weight excluding hydrogens is 428 g/mol. The predicted molar refractivity (Wildman–Crippen MR) is 125 cm³/mol. The average molecular weight is 475 g/mol. The maximum atomic E-state index is 12.0. The van der Waals surface area contributed by atoms with Crippen LogP contribution in [0.5, 0.6) is 0 Å². The second-order valence-electron chi connectivity index (χ2n) is 8.69. The molecule has 2 N–H and O–H groups in total. The van der Waals surface area contributed by atoms with Crippen LogP contribution in [0.1, 0.15) is 111 Å². The number of ether oxygens (including phenoxy) is 3. The summed E-state index contributed by atoms with van der Waals surface area (Å²) in [5.74, 6) is -1.40. The number of esters is 3. The average Bonchev–Trinajstić information content (AvgIpc) is 2.75. The maximum absolute atomic E-state index is 12.0. The Bertz CT molecular complexity index is 519. The quantitative estimate of drug-likeness (QED) is 0.144. The van der Waals surface area contributed by atoms with Crippen LogP contribution in [0.25, 0.3) is 0 Å². The number of carbonyl (C=O) groups excluding carboxylic acids is 3. The molecule has 0 spiro atoms. The lowest BCUT2D eigenvalue weighted by Crippen LogP contribution is -2.29. The highest BCUT2D eigenvalue weighted by Gasteiger charge is 2.21. The van der Waals surface area contributed by atoms with Crippen LogP contribution in [-0.4, -0.2) is 59.6 Å². The Labute approximate surface area is 199 Å². The standard InChI is InChI=1S/C25H46O8/c1-4-5-6-7-8-9-10-11-14-22(31-20(2)28)15-12-13-16-23(32-21(3)29)17-25(30)33-24(18-26)19-27/h22-24,26-27H,4-19H2,1-3H3/t22-,23-/m1/s1. The molecule has 8 nitrogen and oxygen atoms in total. The van der Waals surface area contributed by atoms with Crippen molar-refractivity contribution >= 4 is 17.9 Å². The van der Waals surface area contributed by atoms with Gasteiger partial charge in [-0.05, 0) is 38.5 Å². The summed E-state index contributed by atoms with van der Waals surface area (Å²) in [6, 6.07) is 0. The highest BCUT2D eigenvalue weighted by Crippen LogP contribution is 2.18. The van der Waals surface area contributed by atoms with Gasteiger partial charge in [0.1, 0.15) is 18.3 Å². The zero-order valence-electron chi connectivity index (χ0n) is 20.9. The molecule has 0 aromatic heterocycles. The van der Waals surface area contributed by atoms with Crippen molar-refractivity contribution in [1.82, 2.24) is 0 Å². The van der Waals surface area contributed by atoms with E-state index in [-0.39, 0.29) is 18.5 Å². The molecule has 0 bridgehead atoms. The van der Waals surface area contributed by atoms with Gasteiger partial charge in [0, 0.05) is 13.8 Å². The van der Waals surface area contributed by atoms with Gasteiger partial charge >= 0.3 is 17.9 Å². The summed E-state index contributed by atoms with van der Waals surface area (Å²) in [6.45, 7) is 3.97. The van der Waals surface area contributed by atoms with E-state index in [9.17, 15) is 14.4 Å². The molecule has 0 amide bonds. The number of rotatable bonds is 21. The van der Waals surface area contributed by atoms with E-state index < -0.39 is 37.4 Å². The molecule has 0 rings (SSSR count). The largest absolute Gasteiger partial charge is 0.463 e. The van der Waals surface area contributed by atoms with Crippen LogP contribution >= 0.6 is 0 Å². The highest BCUT2D eigenvalue weighted by molar-refractivity contribution is 5.71. The first-order chi connectivity index (χ1) is 15.8. The molecular formula is C25H46O8. The van der Waals surface area contributed by atoms with E-state index in [0.29, 0.717) is 12.8 Å². The fourth-order valence-electron chi connectivity index (χ4n) is 3.74. The van der Waals surface area contributed by atoms with Gasteiger partial charge in [0.25, 0.3) is 0 Å². The minimum absolute atomic E-state index is 0.116. The van der Waals surface area contributed by atoms with Crippen LogP contribution in [-0.2, 0) is 28.6 Å². The molecule has 0 aromatic rings. The Hall–Kier alpha value is -1.67. The highest BCUT2D eigenvalue weighted by atomic mass is 16.6. The Balaban J connectivity index is 4.32. The van der Waals surface area contributed by atoms with Gasteiger partial charge in [-0.25, -0.2) is 0 Å². The summed E-state index contributed by atoms with van der Waals surface area (Å²) in [5, 5.41) is 18.0. The zero-order chi connectivity index (χ0) is 24.9. The molecule has 0 unspecified atom stereocenters. The molecule has 8 heteroatoms. The van der Waals surface area contributed by atoms with E-state index >= 15 is 0 Å². The first kappa shape index (κ1) is 31.3. The molecule has 0 fully saturated rings. The third kappa shape index (κ3) is 19.5. The molecule has 33 heavy (non-hydrogen) atoms.